The predicted octanol–water partition coefficient (Wildman–Crippen LogP) is 6.03. The molecule has 3 saturated carbocycles. The molecule has 0 bridgehead atoms. The Kier molecular flexibility index (Phi) is 4.48. The highest BCUT2D eigenvalue weighted by Gasteiger charge is 2.61. The molecule has 2 heteroatoms. The lowest BCUT2D eigenvalue weighted by Gasteiger charge is -2.57. The minimum atomic E-state index is 0.220. The first-order valence-electron chi connectivity index (χ1n) is 11.2. The van der Waals surface area contributed by atoms with Crippen LogP contribution >= 0.6 is 0 Å². The first-order chi connectivity index (χ1) is 11.9. The monoisotopic (exact) mass is 345 g/mol. The van der Waals surface area contributed by atoms with E-state index in [0.29, 0.717) is 5.41 Å². The highest BCUT2D eigenvalue weighted by atomic mass is 16.5. The first-order valence-corrected chi connectivity index (χ1v) is 11.2. The van der Waals surface area contributed by atoms with E-state index in [9.17, 15) is 5.21 Å². The van der Waals surface area contributed by atoms with Crippen molar-refractivity contribution < 1.29 is 4.74 Å². The molecule has 0 radical (unpaired) electrons. The number of hydrogen-bond donors (Lipinski definition) is 0. The van der Waals surface area contributed by atoms with E-state index < -0.39 is 0 Å². The predicted molar refractivity (Wildman–Crippen MR) is 105 cm³/mol. The van der Waals surface area contributed by atoms with E-state index in [1.54, 1.807) is 0 Å². The van der Waals surface area contributed by atoms with E-state index in [1.807, 2.05) is 0 Å². The van der Waals surface area contributed by atoms with Crippen molar-refractivity contribution in [2.75, 3.05) is 6.54 Å². The molecule has 0 aromatic carbocycles. The molecule has 2 nitrogen and oxygen atoms in total. The third-order valence-electron chi connectivity index (χ3n) is 9.49. The summed E-state index contributed by atoms with van der Waals surface area (Å²) in [5.41, 5.74) is 2.07. The molecule has 3 aliphatic carbocycles. The zero-order valence-electron chi connectivity index (χ0n) is 17.0. The minimum Gasteiger partial charge on any atom is -0.624 e. The van der Waals surface area contributed by atoms with Crippen LogP contribution in [0, 0.1) is 45.6 Å². The van der Waals surface area contributed by atoms with Gasteiger partial charge in [-0.3, -0.25) is 0 Å². The van der Waals surface area contributed by atoms with Crippen LogP contribution < -0.4 is 0 Å². The molecule has 7 atom stereocenters. The summed E-state index contributed by atoms with van der Waals surface area (Å²) < 4.78 is 1.40. The van der Waals surface area contributed by atoms with Gasteiger partial charge in [-0.05, 0) is 80.5 Å². The summed E-state index contributed by atoms with van der Waals surface area (Å²) in [7, 11) is 0. The second kappa shape index (κ2) is 6.27. The minimum absolute atomic E-state index is 0.220. The summed E-state index contributed by atoms with van der Waals surface area (Å²) in [6, 6.07) is 0. The van der Waals surface area contributed by atoms with E-state index in [1.165, 1.54) is 61.8 Å². The quantitative estimate of drug-likeness (QED) is 0.453. The number of nitrogens with zero attached hydrogens (tertiary/aromatic N) is 1. The summed E-state index contributed by atoms with van der Waals surface area (Å²) in [5.74, 6) is 4.43. The normalized spacial score (nSPS) is 47.8. The molecule has 25 heavy (non-hydrogen) atoms. The molecule has 4 aliphatic rings. The van der Waals surface area contributed by atoms with Gasteiger partial charge >= 0.3 is 0 Å². The second-order valence-electron chi connectivity index (χ2n) is 10.5. The second-order valence-corrected chi connectivity index (χ2v) is 10.5. The number of hydrogen-bond acceptors (Lipinski definition) is 1. The van der Waals surface area contributed by atoms with Crippen LogP contribution in [-0.2, 0) is 0 Å². The van der Waals surface area contributed by atoms with E-state index in [0.717, 1.165) is 49.0 Å². The van der Waals surface area contributed by atoms with Crippen molar-refractivity contribution in [3.63, 3.8) is 0 Å². The number of hydroxylamine groups is 1. The van der Waals surface area contributed by atoms with Crippen molar-refractivity contribution >= 4 is 5.71 Å². The van der Waals surface area contributed by atoms with Crippen LogP contribution in [-0.4, -0.2) is 17.0 Å². The summed E-state index contributed by atoms with van der Waals surface area (Å²) in [6.45, 7) is 10.7. The fourth-order valence-corrected chi connectivity index (χ4v) is 8.38. The Morgan fingerprint density at radius 1 is 1.12 bits per heavy atom. The average Bonchev–Trinajstić information content (AvgIpc) is 2.92. The van der Waals surface area contributed by atoms with Crippen molar-refractivity contribution in [1.29, 1.82) is 0 Å². The Bertz CT molecular complexity index is 554. The average molecular weight is 346 g/mol. The van der Waals surface area contributed by atoms with Crippen LogP contribution in [0.4, 0.5) is 0 Å². The smallest absolute Gasteiger partial charge is 0.169 e. The molecule has 0 amide bonds. The third kappa shape index (κ3) is 2.52. The summed E-state index contributed by atoms with van der Waals surface area (Å²) in [6.07, 6.45) is 13.2. The molecular formula is C23H39NO. The van der Waals surface area contributed by atoms with Crippen molar-refractivity contribution in [2.45, 2.75) is 91.9 Å². The first kappa shape index (κ1) is 17.9. The largest absolute Gasteiger partial charge is 0.624 e. The van der Waals surface area contributed by atoms with E-state index in [4.69, 9.17) is 0 Å². The van der Waals surface area contributed by atoms with Crippen LogP contribution in [0.15, 0.2) is 0 Å². The van der Waals surface area contributed by atoms with Gasteiger partial charge in [0.05, 0.1) is 5.41 Å². The van der Waals surface area contributed by atoms with E-state index in [2.05, 4.69) is 27.7 Å². The van der Waals surface area contributed by atoms with E-state index >= 15 is 0 Å². The molecule has 1 heterocycles. The highest BCUT2D eigenvalue weighted by molar-refractivity contribution is 5.87. The zero-order chi connectivity index (χ0) is 17.8. The van der Waals surface area contributed by atoms with Crippen molar-refractivity contribution in [1.82, 2.24) is 0 Å². The Morgan fingerprint density at radius 3 is 2.68 bits per heavy atom. The van der Waals surface area contributed by atoms with Gasteiger partial charge in [0.2, 0.25) is 0 Å². The summed E-state index contributed by atoms with van der Waals surface area (Å²) in [5, 5.41) is 12.5. The molecule has 0 unspecified atom stereocenters. The van der Waals surface area contributed by atoms with Crippen molar-refractivity contribution in [2.24, 2.45) is 40.4 Å². The van der Waals surface area contributed by atoms with Crippen molar-refractivity contribution in [3.05, 3.63) is 5.21 Å². The molecule has 0 spiro atoms. The van der Waals surface area contributed by atoms with Gasteiger partial charge in [-0.15, -0.1) is 0 Å². The lowest BCUT2D eigenvalue weighted by Crippen LogP contribution is -2.55. The van der Waals surface area contributed by atoms with Gasteiger partial charge in [0.15, 0.2) is 12.3 Å². The lowest BCUT2D eigenvalue weighted by atomic mass is 9.47. The third-order valence-corrected chi connectivity index (χ3v) is 9.49. The van der Waals surface area contributed by atoms with Crippen LogP contribution in [0.25, 0.3) is 0 Å². The summed E-state index contributed by atoms with van der Waals surface area (Å²) in [4.78, 5) is 0. The number of rotatable bonds is 3. The molecule has 3 fully saturated rings. The van der Waals surface area contributed by atoms with Crippen LogP contribution in [0.3, 0.4) is 0 Å². The molecule has 1 aliphatic heterocycles. The Morgan fingerprint density at radius 2 is 1.92 bits per heavy atom. The van der Waals surface area contributed by atoms with Crippen LogP contribution in [0.5, 0.6) is 0 Å². The zero-order valence-corrected chi connectivity index (χ0v) is 17.0. The Hall–Kier alpha value is -0.530. The van der Waals surface area contributed by atoms with Gasteiger partial charge in [-0.1, -0.05) is 33.6 Å². The molecule has 4 rings (SSSR count). The van der Waals surface area contributed by atoms with Gasteiger partial charge in [0.1, 0.15) is 0 Å². The van der Waals surface area contributed by atoms with Gasteiger partial charge in [-0.25, -0.2) is 4.74 Å². The fourth-order valence-electron chi connectivity index (χ4n) is 8.38. The molecule has 0 saturated heterocycles. The lowest BCUT2D eigenvalue weighted by molar-refractivity contribution is -0.473. The highest BCUT2D eigenvalue weighted by Crippen LogP contribution is 2.66. The molecule has 0 N–H and O–H groups in total. The van der Waals surface area contributed by atoms with Gasteiger partial charge in [-0.2, -0.15) is 0 Å². The topological polar surface area (TPSA) is 26.1 Å². The SMILES string of the molecule is CCC[C@@H](C)[C@H]1CC[C@H]2[C@@H]3CCC4=[N+]([O-])CCC[C@]4(C)[C@H]3CC[C@]12C. The van der Waals surface area contributed by atoms with Crippen molar-refractivity contribution in [3.8, 4) is 0 Å². The maximum Gasteiger partial charge on any atom is 0.169 e. The van der Waals surface area contributed by atoms with Crippen LogP contribution in [0.1, 0.15) is 91.9 Å². The molecule has 0 aromatic heterocycles. The van der Waals surface area contributed by atoms with Crippen LogP contribution in [0.2, 0.25) is 0 Å². The van der Waals surface area contributed by atoms with Gasteiger partial charge < -0.3 is 5.21 Å². The standard InChI is InChI=1S/C23H39NO/c1-5-7-16(2)18-9-10-19-17-8-11-21-23(4,13-6-15-24(21)25)20(17)12-14-22(18,19)3/h16-20H,5-15H2,1-4H3/t16-,17+,18-,19+,20+,22-,23-/m1/s1. The number of fused-ring (bicyclic) bond motifs is 5. The molecular weight excluding hydrogens is 306 g/mol. The van der Waals surface area contributed by atoms with Gasteiger partial charge in [0, 0.05) is 12.8 Å². The fraction of sp³-hybridized carbons (Fsp3) is 0.957. The molecule has 142 valence electrons. The molecule has 0 aromatic rings. The van der Waals surface area contributed by atoms with Gasteiger partial charge in [0.25, 0.3) is 0 Å². The summed E-state index contributed by atoms with van der Waals surface area (Å²) >= 11 is 0. The van der Waals surface area contributed by atoms with E-state index in [-0.39, 0.29) is 5.41 Å². The Balaban J connectivity index is 1.61. The Labute approximate surface area is 155 Å². The maximum absolute atomic E-state index is 12.5. The maximum atomic E-state index is 12.5.